The van der Waals surface area contributed by atoms with Crippen molar-refractivity contribution in [3.63, 3.8) is 0 Å². The number of amides is 2. The molecule has 0 saturated heterocycles. The average molecular weight is 297 g/mol. The van der Waals surface area contributed by atoms with Crippen molar-refractivity contribution < 1.29 is 14.7 Å². The highest BCUT2D eigenvalue weighted by atomic mass is 16.4. The van der Waals surface area contributed by atoms with E-state index in [2.05, 4.69) is 15.3 Å². The molecule has 0 spiro atoms. The van der Waals surface area contributed by atoms with Gasteiger partial charge in [0.25, 0.3) is 0 Å². The number of carboxylic acids is 1. The molecule has 3 N–H and O–H groups in total. The summed E-state index contributed by atoms with van der Waals surface area (Å²) in [6.07, 6.45) is 4.02. The second-order valence-electron chi connectivity index (χ2n) is 5.20. The zero-order valence-corrected chi connectivity index (χ0v) is 12.7. The van der Waals surface area contributed by atoms with Crippen LogP contribution in [-0.4, -0.2) is 77.1 Å². The number of hydrogen-bond donors (Lipinski definition) is 3. The van der Waals surface area contributed by atoms with Crippen LogP contribution >= 0.6 is 0 Å². The van der Waals surface area contributed by atoms with E-state index in [1.807, 2.05) is 19.0 Å². The largest absolute Gasteiger partial charge is 0.480 e. The topological polar surface area (TPSA) is 102 Å². The number of H-pyrrole nitrogens is 1. The number of carboxylic acid groups (broad SMARTS) is 1. The van der Waals surface area contributed by atoms with E-state index in [0.717, 1.165) is 13.0 Å². The molecule has 8 heteroatoms. The monoisotopic (exact) mass is 297 g/mol. The van der Waals surface area contributed by atoms with Crippen molar-refractivity contribution in [3.8, 4) is 0 Å². The van der Waals surface area contributed by atoms with Gasteiger partial charge in [-0.05, 0) is 27.1 Å². The molecule has 118 valence electrons. The third kappa shape index (κ3) is 6.26. The van der Waals surface area contributed by atoms with Gasteiger partial charge < -0.3 is 25.2 Å². The third-order valence-electron chi connectivity index (χ3n) is 3.02. The zero-order valence-electron chi connectivity index (χ0n) is 12.7. The zero-order chi connectivity index (χ0) is 15.8. The minimum Gasteiger partial charge on any atom is -0.480 e. The average Bonchev–Trinajstić information content (AvgIpc) is 2.90. The van der Waals surface area contributed by atoms with Crippen molar-refractivity contribution >= 4 is 12.0 Å². The number of carbonyl (C=O) groups excluding carboxylic acids is 1. The van der Waals surface area contributed by atoms with Crippen LogP contribution in [0.1, 0.15) is 12.1 Å². The summed E-state index contributed by atoms with van der Waals surface area (Å²) in [7, 11) is 5.58. The minimum absolute atomic E-state index is 0.173. The molecule has 8 nitrogen and oxygen atoms in total. The lowest BCUT2D eigenvalue weighted by atomic mass is 10.1. The third-order valence-corrected chi connectivity index (χ3v) is 3.02. The Balaban J connectivity index is 2.46. The molecule has 1 rings (SSSR count). The van der Waals surface area contributed by atoms with Gasteiger partial charge in [-0.1, -0.05) is 0 Å². The molecule has 1 heterocycles. The van der Waals surface area contributed by atoms with Gasteiger partial charge in [0.05, 0.1) is 6.33 Å². The summed E-state index contributed by atoms with van der Waals surface area (Å²) in [5.74, 6) is -1.07. The summed E-state index contributed by atoms with van der Waals surface area (Å²) < 4.78 is 0. The van der Waals surface area contributed by atoms with Gasteiger partial charge in [0.1, 0.15) is 6.04 Å². The number of aromatic nitrogens is 2. The number of nitrogens with zero attached hydrogens (tertiary/aromatic N) is 3. The fourth-order valence-corrected chi connectivity index (χ4v) is 1.80. The maximum absolute atomic E-state index is 12.0. The molecular weight excluding hydrogens is 274 g/mol. The lowest BCUT2D eigenvalue weighted by molar-refractivity contribution is -0.139. The van der Waals surface area contributed by atoms with Crippen molar-refractivity contribution in [2.45, 2.75) is 18.9 Å². The Bertz CT molecular complexity index is 447. The molecule has 0 bridgehead atoms. The first kappa shape index (κ1) is 17.0. The molecule has 0 aliphatic heterocycles. The van der Waals surface area contributed by atoms with E-state index in [-0.39, 0.29) is 12.5 Å². The Morgan fingerprint density at radius 1 is 1.38 bits per heavy atom. The molecular formula is C13H23N5O3. The highest BCUT2D eigenvalue weighted by Crippen LogP contribution is 2.00. The van der Waals surface area contributed by atoms with Gasteiger partial charge in [0.2, 0.25) is 0 Å². The SMILES string of the molecule is CN(C)CCCN(C)C(=O)N[C@@H](Cc1cnc[nH]1)C(=O)O. The Kier molecular flexibility index (Phi) is 6.67. The van der Waals surface area contributed by atoms with E-state index in [0.29, 0.717) is 12.2 Å². The summed E-state index contributed by atoms with van der Waals surface area (Å²) in [5, 5.41) is 11.7. The first-order valence-corrected chi connectivity index (χ1v) is 6.76. The van der Waals surface area contributed by atoms with E-state index >= 15 is 0 Å². The normalized spacial score (nSPS) is 12.2. The standard InChI is InChI=1S/C13H23N5O3/c1-17(2)5-4-6-18(3)13(21)16-11(12(19)20)7-10-8-14-9-15-10/h8-9,11H,4-7H2,1-3H3,(H,14,15)(H,16,21)(H,19,20)/t11-/m0/s1. The highest BCUT2D eigenvalue weighted by molar-refractivity contribution is 5.82. The summed E-state index contributed by atoms with van der Waals surface area (Å²) in [6.45, 7) is 1.44. The van der Waals surface area contributed by atoms with E-state index in [4.69, 9.17) is 0 Å². The van der Waals surface area contributed by atoms with Crippen molar-refractivity contribution in [1.82, 2.24) is 25.1 Å². The number of aromatic amines is 1. The van der Waals surface area contributed by atoms with Crippen molar-refractivity contribution in [3.05, 3.63) is 18.2 Å². The number of carbonyl (C=O) groups is 2. The predicted molar refractivity (Wildman–Crippen MR) is 78.0 cm³/mol. The van der Waals surface area contributed by atoms with Crippen LogP contribution in [0.5, 0.6) is 0 Å². The maximum atomic E-state index is 12.0. The van der Waals surface area contributed by atoms with Crippen LogP contribution in [0.3, 0.4) is 0 Å². The molecule has 0 saturated carbocycles. The van der Waals surface area contributed by atoms with Crippen molar-refractivity contribution in [2.75, 3.05) is 34.2 Å². The maximum Gasteiger partial charge on any atom is 0.326 e. The first-order chi connectivity index (χ1) is 9.90. The Morgan fingerprint density at radius 3 is 2.62 bits per heavy atom. The van der Waals surface area contributed by atoms with Crippen LogP contribution in [0.2, 0.25) is 0 Å². The number of aliphatic carboxylic acids is 1. The van der Waals surface area contributed by atoms with Crippen LogP contribution in [0.25, 0.3) is 0 Å². The molecule has 0 radical (unpaired) electrons. The highest BCUT2D eigenvalue weighted by Gasteiger charge is 2.22. The van der Waals surface area contributed by atoms with Gasteiger partial charge in [0, 0.05) is 31.9 Å². The van der Waals surface area contributed by atoms with Gasteiger partial charge in [0.15, 0.2) is 0 Å². The van der Waals surface area contributed by atoms with Crippen molar-refractivity contribution in [1.29, 1.82) is 0 Å². The lowest BCUT2D eigenvalue weighted by Crippen LogP contribution is -2.48. The molecule has 1 aromatic rings. The number of rotatable bonds is 8. The number of hydrogen-bond acceptors (Lipinski definition) is 4. The second kappa shape index (κ2) is 8.25. The van der Waals surface area contributed by atoms with Crippen LogP contribution in [-0.2, 0) is 11.2 Å². The molecule has 0 aromatic carbocycles. The van der Waals surface area contributed by atoms with Gasteiger partial charge in [-0.15, -0.1) is 0 Å². The fraction of sp³-hybridized carbons (Fsp3) is 0.615. The molecule has 0 aliphatic carbocycles. The predicted octanol–water partition coefficient (Wildman–Crippen LogP) is -0.00150. The van der Waals surface area contributed by atoms with Gasteiger partial charge in [-0.25, -0.2) is 14.6 Å². The molecule has 1 aromatic heterocycles. The Labute approximate surface area is 124 Å². The molecule has 21 heavy (non-hydrogen) atoms. The number of imidazole rings is 1. The molecule has 0 aliphatic rings. The molecule has 2 amide bonds. The van der Waals surface area contributed by atoms with Crippen molar-refractivity contribution in [2.24, 2.45) is 0 Å². The van der Waals surface area contributed by atoms with Gasteiger partial charge >= 0.3 is 12.0 Å². The summed E-state index contributed by atoms with van der Waals surface area (Å²) >= 11 is 0. The Morgan fingerprint density at radius 2 is 2.10 bits per heavy atom. The quantitative estimate of drug-likeness (QED) is 0.627. The smallest absolute Gasteiger partial charge is 0.326 e. The molecule has 0 unspecified atom stereocenters. The molecule has 0 fully saturated rings. The van der Waals surface area contributed by atoms with Gasteiger partial charge in [-0.3, -0.25) is 0 Å². The fourth-order valence-electron chi connectivity index (χ4n) is 1.80. The van der Waals surface area contributed by atoms with Crippen LogP contribution < -0.4 is 5.32 Å². The van der Waals surface area contributed by atoms with Crippen LogP contribution in [0.4, 0.5) is 4.79 Å². The summed E-state index contributed by atoms with van der Waals surface area (Å²) in [4.78, 5) is 33.4. The molecule has 1 atom stereocenters. The van der Waals surface area contributed by atoms with Crippen LogP contribution in [0, 0.1) is 0 Å². The number of nitrogens with one attached hydrogen (secondary N) is 2. The Hall–Kier alpha value is -2.09. The number of urea groups is 1. The van der Waals surface area contributed by atoms with E-state index in [9.17, 15) is 14.7 Å². The minimum atomic E-state index is -1.07. The van der Waals surface area contributed by atoms with E-state index in [1.54, 1.807) is 13.2 Å². The van der Waals surface area contributed by atoms with E-state index < -0.39 is 12.0 Å². The lowest BCUT2D eigenvalue weighted by Gasteiger charge is -2.21. The second-order valence-corrected chi connectivity index (χ2v) is 5.20. The first-order valence-electron chi connectivity index (χ1n) is 6.76. The van der Waals surface area contributed by atoms with Gasteiger partial charge in [-0.2, -0.15) is 0 Å². The summed E-state index contributed by atoms with van der Waals surface area (Å²) in [5.41, 5.74) is 0.665. The summed E-state index contributed by atoms with van der Waals surface area (Å²) in [6, 6.07) is -1.37. The van der Waals surface area contributed by atoms with E-state index in [1.165, 1.54) is 11.2 Å². The van der Waals surface area contributed by atoms with Crippen LogP contribution in [0.15, 0.2) is 12.5 Å².